The molecule has 5 N–H and O–H groups in total. The lowest BCUT2D eigenvalue weighted by Crippen LogP contribution is -2.43. The number of aryl methyl sites for hydroxylation is 1. The average Bonchev–Trinajstić information content (AvgIpc) is 2.92. The SMILES string of the molecule is C[C@]12CC[C@@H]3c4ccc(OC(P(=O)(O)O)P(=O)(O)O)cc4CC[C@H]3[C@@H]1CCC2O. The summed E-state index contributed by atoms with van der Waals surface area (Å²) in [5.74, 6) is 1.42. The van der Waals surface area contributed by atoms with E-state index in [-0.39, 0.29) is 17.3 Å². The van der Waals surface area contributed by atoms with Gasteiger partial charge >= 0.3 is 15.2 Å². The third-order valence-electron chi connectivity index (χ3n) is 7.46. The molecule has 2 saturated carbocycles. The number of rotatable bonds is 4. The van der Waals surface area contributed by atoms with Crippen LogP contribution in [-0.2, 0) is 15.6 Å². The summed E-state index contributed by atoms with van der Waals surface area (Å²) in [6, 6.07) is 5.06. The molecule has 0 spiro atoms. The molecule has 0 saturated heterocycles. The van der Waals surface area contributed by atoms with Gasteiger partial charge in [0, 0.05) is 0 Å². The fourth-order valence-electron chi connectivity index (χ4n) is 6.06. The topological polar surface area (TPSA) is 145 Å². The molecule has 0 radical (unpaired) electrons. The van der Waals surface area contributed by atoms with Crippen molar-refractivity contribution in [3.63, 3.8) is 0 Å². The summed E-state index contributed by atoms with van der Waals surface area (Å²) >= 11 is 0. The number of benzene rings is 1. The molecule has 10 heteroatoms. The zero-order valence-corrected chi connectivity index (χ0v) is 18.0. The van der Waals surface area contributed by atoms with Gasteiger partial charge in [-0.3, -0.25) is 9.13 Å². The van der Waals surface area contributed by atoms with Gasteiger partial charge in [-0.2, -0.15) is 0 Å². The summed E-state index contributed by atoms with van der Waals surface area (Å²) in [6.07, 6.45) is 5.35. The van der Waals surface area contributed by atoms with Gasteiger partial charge in [-0.25, -0.2) is 0 Å². The number of ether oxygens (including phenoxy) is 1. The fourth-order valence-corrected chi connectivity index (χ4v) is 8.15. The number of aliphatic hydroxyl groups is 1. The number of hydrogen-bond acceptors (Lipinski definition) is 4. The summed E-state index contributed by atoms with van der Waals surface area (Å²) in [6.45, 7) is 2.21. The van der Waals surface area contributed by atoms with Crippen LogP contribution in [0.15, 0.2) is 18.2 Å². The second-order valence-corrected chi connectivity index (χ2v) is 12.7. The Morgan fingerprint density at radius 2 is 1.76 bits per heavy atom. The third kappa shape index (κ3) is 3.74. The molecule has 0 bridgehead atoms. The molecule has 29 heavy (non-hydrogen) atoms. The van der Waals surface area contributed by atoms with E-state index >= 15 is 0 Å². The van der Waals surface area contributed by atoms with Gasteiger partial charge in [0.25, 0.3) is 5.59 Å². The monoisotopic (exact) mass is 446 g/mol. The molecular formula is C19H28O8P2. The van der Waals surface area contributed by atoms with E-state index in [2.05, 4.69) is 6.92 Å². The Balaban J connectivity index is 1.59. The van der Waals surface area contributed by atoms with E-state index in [0.717, 1.165) is 44.1 Å². The number of aliphatic hydroxyl groups excluding tert-OH is 1. The smallest absolute Gasteiger partial charge is 0.378 e. The summed E-state index contributed by atoms with van der Waals surface area (Å²) in [7, 11) is -10.3. The predicted octanol–water partition coefficient (Wildman–Crippen LogP) is 2.92. The van der Waals surface area contributed by atoms with E-state index < -0.39 is 20.8 Å². The highest BCUT2D eigenvalue weighted by atomic mass is 31.2. The summed E-state index contributed by atoms with van der Waals surface area (Å²) < 4.78 is 28.0. The Bertz CT molecular complexity index is 870. The Kier molecular flexibility index (Phi) is 5.31. The van der Waals surface area contributed by atoms with Crippen molar-refractivity contribution in [2.24, 2.45) is 17.3 Å². The third-order valence-corrected chi connectivity index (χ3v) is 10.6. The maximum atomic E-state index is 11.5. The van der Waals surface area contributed by atoms with Gasteiger partial charge in [0.2, 0.25) is 0 Å². The van der Waals surface area contributed by atoms with E-state index in [4.69, 9.17) is 4.74 Å². The van der Waals surface area contributed by atoms with Crippen molar-refractivity contribution in [2.75, 3.05) is 0 Å². The van der Waals surface area contributed by atoms with Crippen molar-refractivity contribution < 1.29 is 38.5 Å². The first-order valence-electron chi connectivity index (χ1n) is 9.99. The molecule has 3 aliphatic carbocycles. The molecule has 0 heterocycles. The first-order chi connectivity index (χ1) is 13.4. The van der Waals surface area contributed by atoms with E-state index in [9.17, 15) is 33.8 Å². The maximum absolute atomic E-state index is 11.5. The largest absolute Gasteiger partial charge is 0.465 e. The van der Waals surface area contributed by atoms with Crippen LogP contribution in [0.2, 0.25) is 0 Å². The molecule has 5 atom stereocenters. The van der Waals surface area contributed by atoms with Crippen molar-refractivity contribution in [1.82, 2.24) is 0 Å². The second-order valence-electron chi connectivity index (χ2n) is 9.04. The standard InChI is InChI=1S/C19H28O8P2/c1-19-9-8-14-13-5-3-12(27-18(28(21,22)23)29(24,25)26)10-11(13)2-4-15(14)16(19)6-7-17(19)20/h3,5,10,14-18,20H,2,4,6-9H2,1H3,(H2,21,22,23)(H2,24,25,26)/t14-,15-,16+,17?,19+/m1/s1. The van der Waals surface area contributed by atoms with Crippen molar-refractivity contribution in [3.8, 4) is 5.75 Å². The molecule has 4 rings (SSSR count). The van der Waals surface area contributed by atoms with Gasteiger partial charge in [-0.15, -0.1) is 0 Å². The highest BCUT2D eigenvalue weighted by molar-refractivity contribution is 7.70. The molecule has 162 valence electrons. The minimum Gasteiger partial charge on any atom is -0.465 e. The minimum absolute atomic E-state index is 0.0121. The van der Waals surface area contributed by atoms with Gasteiger partial charge in [0.1, 0.15) is 5.75 Å². The lowest BCUT2D eigenvalue weighted by Gasteiger charge is -2.50. The van der Waals surface area contributed by atoms with E-state index in [1.165, 1.54) is 11.6 Å². The first-order valence-corrected chi connectivity index (χ1v) is 13.4. The van der Waals surface area contributed by atoms with Crippen molar-refractivity contribution in [2.45, 2.75) is 63.1 Å². The van der Waals surface area contributed by atoms with Crippen LogP contribution in [0.4, 0.5) is 0 Å². The lowest BCUT2D eigenvalue weighted by molar-refractivity contribution is -0.0226. The normalized spacial score (nSPS) is 34.4. The Morgan fingerprint density at radius 3 is 2.41 bits per heavy atom. The van der Waals surface area contributed by atoms with Crippen molar-refractivity contribution in [3.05, 3.63) is 29.3 Å². The Morgan fingerprint density at radius 1 is 1.07 bits per heavy atom. The number of fused-ring (bicyclic) bond motifs is 5. The lowest BCUT2D eigenvalue weighted by atomic mass is 9.55. The van der Waals surface area contributed by atoms with Crippen LogP contribution in [-0.4, -0.2) is 36.4 Å². The molecule has 0 aliphatic heterocycles. The summed E-state index contributed by atoms with van der Waals surface area (Å²) in [5, 5.41) is 10.5. The van der Waals surface area contributed by atoms with Crippen LogP contribution in [0.1, 0.15) is 56.1 Å². The highest BCUT2D eigenvalue weighted by Gasteiger charge is 2.54. The van der Waals surface area contributed by atoms with Crippen LogP contribution in [0.5, 0.6) is 5.75 Å². The predicted molar refractivity (Wildman–Crippen MR) is 106 cm³/mol. The van der Waals surface area contributed by atoms with Gasteiger partial charge in [0.15, 0.2) is 0 Å². The van der Waals surface area contributed by atoms with E-state index in [1.54, 1.807) is 6.07 Å². The molecule has 1 aromatic carbocycles. The molecule has 1 unspecified atom stereocenters. The number of hydrogen-bond donors (Lipinski definition) is 5. The van der Waals surface area contributed by atoms with Crippen LogP contribution >= 0.6 is 15.2 Å². The molecular weight excluding hydrogens is 418 g/mol. The summed E-state index contributed by atoms with van der Waals surface area (Å²) in [5.41, 5.74) is -0.330. The van der Waals surface area contributed by atoms with Gasteiger partial charge in [-0.05, 0) is 85.0 Å². The summed E-state index contributed by atoms with van der Waals surface area (Å²) in [4.78, 5) is 37.1. The van der Waals surface area contributed by atoms with Gasteiger partial charge < -0.3 is 29.4 Å². The molecule has 8 nitrogen and oxygen atoms in total. The Hall–Kier alpha value is -0.720. The second kappa shape index (κ2) is 7.16. The fraction of sp³-hybridized carbons (Fsp3) is 0.684. The molecule has 0 amide bonds. The quantitative estimate of drug-likeness (QED) is 0.444. The zero-order valence-electron chi connectivity index (χ0n) is 16.2. The highest BCUT2D eigenvalue weighted by Crippen LogP contribution is 2.62. The van der Waals surface area contributed by atoms with Crippen LogP contribution in [0, 0.1) is 17.3 Å². The molecule has 3 aliphatic rings. The van der Waals surface area contributed by atoms with Gasteiger partial charge in [-0.1, -0.05) is 13.0 Å². The molecule has 0 aromatic heterocycles. The van der Waals surface area contributed by atoms with E-state index in [0.29, 0.717) is 17.8 Å². The first kappa shape index (κ1) is 21.5. The maximum Gasteiger partial charge on any atom is 0.378 e. The average molecular weight is 446 g/mol. The van der Waals surface area contributed by atoms with Crippen LogP contribution in [0.3, 0.4) is 0 Å². The van der Waals surface area contributed by atoms with Gasteiger partial charge in [0.05, 0.1) is 6.10 Å². The zero-order chi connectivity index (χ0) is 21.2. The molecule has 1 aromatic rings. The van der Waals surface area contributed by atoms with Crippen molar-refractivity contribution in [1.29, 1.82) is 0 Å². The minimum atomic E-state index is -5.15. The molecule has 2 fully saturated rings. The Labute approximate surface area is 169 Å². The van der Waals surface area contributed by atoms with E-state index in [1.807, 2.05) is 6.07 Å². The van der Waals surface area contributed by atoms with Crippen molar-refractivity contribution >= 4 is 15.2 Å². The van der Waals surface area contributed by atoms with Crippen LogP contribution in [0.25, 0.3) is 0 Å². The van der Waals surface area contributed by atoms with Crippen LogP contribution < -0.4 is 4.74 Å².